The van der Waals surface area contributed by atoms with Crippen LogP contribution in [0.1, 0.15) is 5.69 Å². The third kappa shape index (κ3) is 3.85. The Morgan fingerprint density at radius 2 is 2.29 bits per heavy atom. The fourth-order valence-corrected chi connectivity index (χ4v) is 2.54. The number of aromatic nitrogens is 1. The molecular weight excluding hydrogens is 377 g/mol. The monoisotopic (exact) mass is 393 g/mol. The van der Waals surface area contributed by atoms with Gasteiger partial charge in [0.05, 0.1) is 5.92 Å². The summed E-state index contributed by atoms with van der Waals surface area (Å²) in [6, 6.07) is 2.05. The topological polar surface area (TPSA) is 53.1 Å². The fourth-order valence-electron chi connectivity index (χ4n) is 2.10. The Kier molecular flexibility index (Phi) is 5.38. The summed E-state index contributed by atoms with van der Waals surface area (Å²) in [6.45, 7) is 3.73. The number of aromatic amines is 1. The van der Waals surface area contributed by atoms with Crippen molar-refractivity contribution < 1.29 is 9.90 Å². The minimum absolute atomic E-state index is 0.576. The lowest BCUT2D eigenvalue weighted by molar-refractivity contribution is -0.138. The van der Waals surface area contributed by atoms with Crippen LogP contribution in [0.2, 0.25) is 0 Å². The molecule has 0 saturated carbocycles. The van der Waals surface area contributed by atoms with Crippen molar-refractivity contribution in [1.29, 1.82) is 0 Å². The Labute approximate surface area is 136 Å². The summed E-state index contributed by atoms with van der Waals surface area (Å²) in [5, 5.41) is 11.2. The maximum absolute atomic E-state index is 11.0. The Morgan fingerprint density at radius 1 is 1.48 bits per heavy atom. The van der Waals surface area contributed by atoms with E-state index < -0.39 is 11.9 Å². The Balaban J connectivity index is 2.45. The normalized spacial score (nSPS) is 19.5. The molecule has 1 atom stereocenters. The largest absolute Gasteiger partial charge is 0.481 e. The van der Waals surface area contributed by atoms with Crippen molar-refractivity contribution in [1.82, 2.24) is 4.98 Å². The number of H-pyrrole nitrogens is 1. The third-order valence-corrected chi connectivity index (χ3v) is 3.57. The number of hydrogen-bond donors (Lipinski definition) is 2. The number of halogens is 1. The molecule has 0 saturated heterocycles. The maximum atomic E-state index is 11.0. The van der Waals surface area contributed by atoms with Crippen molar-refractivity contribution >= 4 is 46.3 Å². The van der Waals surface area contributed by atoms with Crippen LogP contribution in [0.25, 0.3) is 17.7 Å². The lowest BCUT2D eigenvalue weighted by Gasteiger charge is -1.98. The molecule has 0 radical (unpaired) electrons. The molecule has 1 aliphatic rings. The molecule has 4 heteroatoms. The van der Waals surface area contributed by atoms with E-state index in [-0.39, 0.29) is 0 Å². The van der Waals surface area contributed by atoms with Crippen molar-refractivity contribution in [3.05, 3.63) is 65.4 Å². The lowest BCUT2D eigenvalue weighted by atomic mass is 10.1. The number of carboxylic acids is 1. The molecule has 0 amide bonds. The number of aliphatic carboxylic acids is 1. The number of alkyl halides is 1. The van der Waals surface area contributed by atoms with Gasteiger partial charge in [-0.05, 0) is 16.9 Å². The molecule has 3 nitrogen and oxygen atoms in total. The predicted octanol–water partition coefficient (Wildman–Crippen LogP) is 2.41. The van der Waals surface area contributed by atoms with E-state index in [1.807, 2.05) is 24.3 Å². The minimum Gasteiger partial charge on any atom is -0.481 e. The van der Waals surface area contributed by atoms with Crippen LogP contribution in [0.4, 0.5) is 0 Å². The van der Waals surface area contributed by atoms with E-state index >= 15 is 0 Å². The molecule has 0 bridgehead atoms. The van der Waals surface area contributed by atoms with Gasteiger partial charge in [-0.25, -0.2) is 0 Å². The Hall–Kier alpha value is -1.82. The molecule has 1 heterocycles. The van der Waals surface area contributed by atoms with Crippen LogP contribution in [0.3, 0.4) is 0 Å². The number of nitrogens with one attached hydrogen (secondary N) is 1. The highest BCUT2D eigenvalue weighted by atomic mass is 127. The zero-order chi connectivity index (χ0) is 15.2. The average molecular weight is 393 g/mol. The molecule has 0 fully saturated rings. The molecule has 1 unspecified atom stereocenters. The lowest BCUT2D eigenvalue weighted by Crippen LogP contribution is -2.21. The number of rotatable bonds is 4. The van der Waals surface area contributed by atoms with Crippen LogP contribution >= 0.6 is 22.6 Å². The predicted molar refractivity (Wildman–Crippen MR) is 95.4 cm³/mol. The van der Waals surface area contributed by atoms with E-state index in [0.717, 1.165) is 26.3 Å². The highest BCUT2D eigenvalue weighted by molar-refractivity contribution is 14.1. The van der Waals surface area contributed by atoms with E-state index in [4.69, 9.17) is 5.11 Å². The van der Waals surface area contributed by atoms with E-state index in [2.05, 4.69) is 40.2 Å². The van der Waals surface area contributed by atoms with Gasteiger partial charge >= 0.3 is 5.97 Å². The maximum Gasteiger partial charge on any atom is 0.314 e. The van der Waals surface area contributed by atoms with Crippen LogP contribution in [0, 0.1) is 5.92 Å². The number of hydrogen-bond acceptors (Lipinski definition) is 1. The second kappa shape index (κ2) is 7.26. The van der Waals surface area contributed by atoms with Crippen LogP contribution in [-0.2, 0) is 4.79 Å². The summed E-state index contributed by atoms with van der Waals surface area (Å²) in [7, 11) is 0. The second-order valence-electron chi connectivity index (χ2n) is 4.54. The molecule has 2 rings (SSSR count). The van der Waals surface area contributed by atoms with Crippen molar-refractivity contribution in [3.63, 3.8) is 0 Å². The molecule has 1 aromatic heterocycles. The van der Waals surface area contributed by atoms with Crippen molar-refractivity contribution in [2.45, 2.75) is 0 Å². The van der Waals surface area contributed by atoms with Gasteiger partial charge in [-0.2, -0.15) is 0 Å². The van der Waals surface area contributed by atoms with E-state index in [0.29, 0.717) is 0 Å². The van der Waals surface area contributed by atoms with Gasteiger partial charge in [0.2, 0.25) is 0 Å². The summed E-state index contributed by atoms with van der Waals surface area (Å²) >= 11 is 2.30. The van der Waals surface area contributed by atoms with Crippen LogP contribution in [-0.4, -0.2) is 20.5 Å². The highest BCUT2D eigenvalue weighted by Crippen LogP contribution is 2.17. The molecule has 1 aromatic rings. The first-order valence-corrected chi connectivity index (χ1v) is 8.06. The van der Waals surface area contributed by atoms with Gasteiger partial charge in [-0.3, -0.25) is 4.79 Å². The summed E-state index contributed by atoms with van der Waals surface area (Å²) in [5.41, 5.74) is 1.92. The standard InChI is InChI=1S/C17H16INO2/c1-2-4-14-11-16(19-15(14)9-10-18)12-5-3-6-13(8-7-12)17(20)21/h2-9,11,13,19H,1,10H2,(H,20,21)/b14-4-,15-9+. The van der Waals surface area contributed by atoms with Gasteiger partial charge < -0.3 is 10.1 Å². The molecule has 0 aliphatic heterocycles. The molecule has 108 valence electrons. The summed E-state index contributed by atoms with van der Waals surface area (Å²) in [4.78, 5) is 14.4. The number of carboxylic acid groups (broad SMARTS) is 1. The molecule has 1 aliphatic carbocycles. The summed E-state index contributed by atoms with van der Waals surface area (Å²) in [5.74, 6) is -1.42. The van der Waals surface area contributed by atoms with Gasteiger partial charge in [-0.15, -0.1) is 0 Å². The Morgan fingerprint density at radius 3 is 2.95 bits per heavy atom. The number of allylic oxidation sites excluding steroid dienone is 5. The Bertz CT molecular complexity index is 750. The SMILES string of the molecule is C=C/C=c1/cc(C2=CC=CC(C(=O)O)C=C2)[nH]/c1=C/CI. The summed E-state index contributed by atoms with van der Waals surface area (Å²) in [6.07, 6.45) is 14.7. The highest BCUT2D eigenvalue weighted by Gasteiger charge is 2.11. The molecule has 0 aromatic carbocycles. The zero-order valence-electron chi connectivity index (χ0n) is 11.4. The van der Waals surface area contributed by atoms with Gasteiger partial charge in [0, 0.05) is 15.5 Å². The van der Waals surface area contributed by atoms with E-state index in [9.17, 15) is 4.79 Å². The zero-order valence-corrected chi connectivity index (χ0v) is 13.6. The molecule has 2 N–H and O–H groups in total. The van der Waals surface area contributed by atoms with E-state index in [1.165, 1.54) is 0 Å². The molecule has 0 spiro atoms. The van der Waals surface area contributed by atoms with Crippen LogP contribution in [0.15, 0.2) is 49.1 Å². The van der Waals surface area contributed by atoms with Gasteiger partial charge in [0.1, 0.15) is 0 Å². The average Bonchev–Trinajstić information content (AvgIpc) is 2.70. The van der Waals surface area contributed by atoms with Crippen molar-refractivity contribution in [3.8, 4) is 0 Å². The summed E-state index contributed by atoms with van der Waals surface area (Å²) < 4.78 is 0.908. The molecule has 21 heavy (non-hydrogen) atoms. The third-order valence-electron chi connectivity index (χ3n) is 3.13. The van der Waals surface area contributed by atoms with Crippen LogP contribution in [0.5, 0.6) is 0 Å². The second-order valence-corrected chi connectivity index (χ2v) is 5.42. The first kappa shape index (κ1) is 15.6. The van der Waals surface area contributed by atoms with Gasteiger partial charge in [-0.1, -0.05) is 77.8 Å². The quantitative estimate of drug-likeness (QED) is 0.610. The number of carbonyl (C=O) groups is 1. The first-order chi connectivity index (χ1) is 10.2. The van der Waals surface area contributed by atoms with Crippen molar-refractivity contribution in [2.24, 2.45) is 5.92 Å². The van der Waals surface area contributed by atoms with Crippen molar-refractivity contribution in [2.75, 3.05) is 4.43 Å². The van der Waals surface area contributed by atoms with Crippen LogP contribution < -0.4 is 10.6 Å². The smallest absolute Gasteiger partial charge is 0.314 e. The molecular formula is C17H16INO2. The first-order valence-electron chi connectivity index (χ1n) is 6.53. The minimum atomic E-state index is -0.844. The fraction of sp³-hybridized carbons (Fsp3) is 0.118. The van der Waals surface area contributed by atoms with Gasteiger partial charge in [0.15, 0.2) is 0 Å². The van der Waals surface area contributed by atoms with Gasteiger partial charge in [0.25, 0.3) is 0 Å². The van der Waals surface area contributed by atoms with E-state index in [1.54, 1.807) is 24.3 Å².